The van der Waals surface area contributed by atoms with Crippen LogP contribution < -0.4 is 46.1 Å². The fourth-order valence-electron chi connectivity index (χ4n) is 9.85. The highest BCUT2D eigenvalue weighted by Crippen LogP contribution is 2.21. The van der Waals surface area contributed by atoms with Gasteiger partial charge >= 0.3 is 24.1 Å². The molecule has 0 bridgehead atoms. The van der Waals surface area contributed by atoms with Crippen LogP contribution in [0.25, 0.3) is 11.6 Å². The van der Waals surface area contributed by atoms with Gasteiger partial charge in [0, 0.05) is 59.8 Å². The number of carbonyl (C=O) groups excluding carboxylic acids is 6. The number of hydroxylamine groups is 7. The van der Waals surface area contributed by atoms with Crippen molar-refractivity contribution in [3.63, 3.8) is 0 Å². The molecule has 0 saturated carbocycles. The number of pyridine rings is 2. The van der Waals surface area contributed by atoms with Crippen LogP contribution in [-0.4, -0.2) is 221 Å². The number of likely N-dealkylation sites (N-methyl/N-ethyl adjacent to an activating group) is 3. The van der Waals surface area contributed by atoms with E-state index in [9.17, 15) is 43.5 Å². The number of nitrogens with zero attached hydrogens (tertiary/aromatic N) is 9. The summed E-state index contributed by atoms with van der Waals surface area (Å²) in [7, 11) is 12.0. The minimum atomic E-state index is -1.12. The van der Waals surface area contributed by atoms with E-state index < -0.39 is 71.3 Å². The topological polar surface area (TPSA) is 415 Å². The Labute approximate surface area is 714 Å². The summed E-state index contributed by atoms with van der Waals surface area (Å²) >= 11 is 0. The van der Waals surface area contributed by atoms with Crippen LogP contribution in [0.1, 0.15) is 110 Å². The number of benzene rings is 4. The van der Waals surface area contributed by atoms with Gasteiger partial charge < -0.3 is 65.2 Å². The zero-order chi connectivity index (χ0) is 91.5. The van der Waals surface area contributed by atoms with Crippen LogP contribution in [0.3, 0.4) is 0 Å². The normalized spacial score (nSPS) is 11.3. The smallest absolute Gasteiger partial charge is 0.408 e. The highest BCUT2D eigenvalue weighted by Gasteiger charge is 2.30. The molecule has 122 heavy (non-hydrogen) atoms. The molecule has 4 atom stereocenters. The molecule has 8 aromatic rings. The van der Waals surface area contributed by atoms with Gasteiger partial charge in [0.05, 0.1) is 45.9 Å². The maximum atomic E-state index is 13.2. The zero-order valence-corrected chi connectivity index (χ0v) is 73.0. The lowest BCUT2D eigenvalue weighted by Crippen LogP contribution is -2.49. The van der Waals surface area contributed by atoms with E-state index in [4.69, 9.17) is 53.8 Å². The van der Waals surface area contributed by atoms with Crippen molar-refractivity contribution in [1.29, 1.82) is 0 Å². The Morgan fingerprint density at radius 2 is 0.770 bits per heavy atom. The molecular formula is C88H120N14O20. The summed E-state index contributed by atoms with van der Waals surface area (Å²) in [5.74, 6) is 0.210. The van der Waals surface area contributed by atoms with Crippen molar-refractivity contribution < 1.29 is 96.3 Å². The lowest BCUT2D eigenvalue weighted by Gasteiger charge is -2.25. The zero-order valence-electron chi connectivity index (χ0n) is 73.0. The van der Waals surface area contributed by atoms with Gasteiger partial charge in [-0.25, -0.2) is 59.2 Å². The van der Waals surface area contributed by atoms with Gasteiger partial charge in [0.1, 0.15) is 84.4 Å². The van der Waals surface area contributed by atoms with Crippen molar-refractivity contribution in [2.75, 3.05) is 83.1 Å². The number of nitrogens with two attached hydrogens (primary N) is 1. The molecule has 8 N–H and O–H groups in total. The number of aryl methyl sites for hydroxylation is 2. The van der Waals surface area contributed by atoms with Crippen molar-refractivity contribution in [3.05, 3.63) is 254 Å². The number of hydrogen-bond acceptors (Lipinski definition) is 24. The molecule has 0 radical (unpaired) electrons. The number of amides is 6. The van der Waals surface area contributed by atoms with Crippen LogP contribution in [-0.2, 0) is 73.7 Å². The molecule has 4 heterocycles. The van der Waals surface area contributed by atoms with Crippen molar-refractivity contribution in [3.8, 4) is 34.6 Å². The third-order valence-electron chi connectivity index (χ3n) is 15.6. The van der Waals surface area contributed by atoms with E-state index in [1.54, 1.807) is 179 Å². The Morgan fingerprint density at radius 3 is 1.07 bits per heavy atom. The molecule has 4 aromatic heterocycles. The number of hydrogen-bond donors (Lipinski definition) is 7. The average Bonchev–Trinajstić information content (AvgIpc) is 1.66. The van der Waals surface area contributed by atoms with Crippen molar-refractivity contribution in [1.82, 2.24) is 66.1 Å². The van der Waals surface area contributed by atoms with E-state index in [1.807, 2.05) is 80.6 Å². The van der Waals surface area contributed by atoms with Gasteiger partial charge in [0.2, 0.25) is 0 Å². The number of aliphatic carboxylic acids is 1. The van der Waals surface area contributed by atoms with Crippen LogP contribution in [0.4, 0.5) is 9.59 Å². The summed E-state index contributed by atoms with van der Waals surface area (Å²) in [6.45, 7) is 34.0. The first kappa shape index (κ1) is 105. The van der Waals surface area contributed by atoms with Gasteiger partial charge in [-0.1, -0.05) is 125 Å². The van der Waals surface area contributed by atoms with Crippen molar-refractivity contribution >= 4 is 47.8 Å². The molecule has 34 nitrogen and oxygen atoms in total. The van der Waals surface area contributed by atoms with Gasteiger partial charge in [0.15, 0.2) is 17.3 Å². The van der Waals surface area contributed by atoms with Gasteiger partial charge in [-0.15, -0.1) is 0 Å². The summed E-state index contributed by atoms with van der Waals surface area (Å²) in [4.78, 5) is 124. The van der Waals surface area contributed by atoms with E-state index in [-0.39, 0.29) is 42.5 Å². The summed E-state index contributed by atoms with van der Waals surface area (Å²) in [6.07, 6.45) is 9.59. The van der Waals surface area contributed by atoms with Crippen molar-refractivity contribution in [2.45, 2.75) is 130 Å². The second kappa shape index (κ2) is 56.4. The molecule has 6 amide bonds. The molecule has 34 heteroatoms. The minimum Gasteiger partial charge on any atom is -0.490 e. The van der Waals surface area contributed by atoms with E-state index in [2.05, 4.69) is 72.7 Å². The molecule has 0 aliphatic rings. The summed E-state index contributed by atoms with van der Waals surface area (Å²) < 4.78 is 34.8. The SMILES string of the molecule is C=CCOc1ccc(C[C@H](N)C(=O)N(C)OC)cc1.C=CCOc1ccc(C[C@H](NC(=O)OC(C)(C)C)C(=O)N(C)OC)cc1.C=CCOc1ccc(C[C@H](NC(=O)OC(C)(C)C)C(=O)O)cc1.C=CCOc1ccc(C[C@H](NC(=O)c2cc(C)nn2-c2ccccn2)C(=O)N(C)OC)cc1.CC.CNOC.Cc1cc(C(=O)O)n(-c2ccccn2)n1. The number of ether oxygens (including phenoxy) is 6. The van der Waals surface area contributed by atoms with Crippen LogP contribution in [0.5, 0.6) is 23.0 Å². The molecule has 4 aromatic carbocycles. The number of carbonyl (C=O) groups is 8. The van der Waals surface area contributed by atoms with E-state index >= 15 is 0 Å². The number of carboxylic acids is 2. The van der Waals surface area contributed by atoms with Crippen LogP contribution in [0, 0.1) is 13.8 Å². The molecule has 0 spiro atoms. The van der Waals surface area contributed by atoms with Gasteiger partial charge in [-0.2, -0.15) is 10.2 Å². The first-order valence-corrected chi connectivity index (χ1v) is 38.4. The van der Waals surface area contributed by atoms with Crippen LogP contribution >= 0.6 is 0 Å². The molecule has 0 unspecified atom stereocenters. The van der Waals surface area contributed by atoms with E-state index in [0.29, 0.717) is 73.1 Å². The standard InChI is InChI=1S/C24H27N5O4.C19H28N2O5.C17H23NO5.C14H20N2O3.C10H9N3O2.C2H7NO.C2H6/c1-5-14-33-19-11-9-18(10-12-19)16-20(24(31)28(3)32-4)26-23(30)21-15-17(2)27-29(21)22-8-6-7-13-25-22;1-7-12-25-15-10-8-14(9-11-15)13-16(17(22)21(5)24-6)20-18(23)26-19(2,3)4;1-5-10-22-13-8-6-12(7-9-13)11-14(15(19)20)18-16(21)23-17(2,3)4;1-4-9-19-12-7-5-11(6-8-12)10-13(15)14(17)16(2)18-3;1-7-6-8(10(14)15)13(12-7)9-4-2-3-5-11-9;1-3-4-2;1-2/h5-13,15,20H,1,14,16H2,2-4H3,(H,26,30);7-11,16H,1,12-13H2,2-6H3,(H,20,23);5-9,14H,1,10-11H2,2-4H3,(H,18,21)(H,19,20);4-8,13H,1,9-10,15H2,2-3H3;2-6H,1H3,(H,14,15);3H,1-2H3;1-2H3/t20-;16-;14-;13-;;;/m0000.../s1. The van der Waals surface area contributed by atoms with Gasteiger partial charge in [-0.3, -0.25) is 33.7 Å². The fraction of sp³-hybridized carbons (Fsp3) is 0.364. The number of aromatic carboxylic acids is 1. The molecule has 0 fully saturated rings. The highest BCUT2D eigenvalue weighted by molar-refractivity contribution is 5.97. The third kappa shape index (κ3) is 40.6. The number of carboxylic acid groups (broad SMARTS) is 2. The number of aromatic nitrogens is 6. The van der Waals surface area contributed by atoms with Crippen molar-refractivity contribution in [2.24, 2.45) is 5.73 Å². The Bertz CT molecular complexity index is 4480. The Kier molecular flexibility index (Phi) is 48.5. The second-order valence-corrected chi connectivity index (χ2v) is 27.5. The number of alkyl carbamates (subject to hydrolysis) is 2. The molecule has 0 aliphatic heterocycles. The Morgan fingerprint density at radius 1 is 0.467 bits per heavy atom. The van der Waals surface area contributed by atoms with Crippen LogP contribution in [0.15, 0.2) is 209 Å². The number of nitrogens with one attached hydrogen (secondary N) is 4. The monoisotopic (exact) mass is 1690 g/mol. The first-order valence-electron chi connectivity index (χ1n) is 38.4. The largest absolute Gasteiger partial charge is 0.490 e. The molecular weight excluding hydrogens is 1570 g/mol. The average molecular weight is 1690 g/mol. The quantitative estimate of drug-likeness (QED) is 0.0143. The predicted octanol–water partition coefficient (Wildman–Crippen LogP) is 11.2. The lowest BCUT2D eigenvalue weighted by molar-refractivity contribution is -0.171. The third-order valence-corrected chi connectivity index (χ3v) is 15.6. The van der Waals surface area contributed by atoms with E-state index in [0.717, 1.165) is 43.2 Å². The lowest BCUT2D eigenvalue weighted by atomic mass is 10.0. The summed E-state index contributed by atoms with van der Waals surface area (Å²) in [6, 6.07) is 39.4. The van der Waals surface area contributed by atoms with Gasteiger partial charge in [0.25, 0.3) is 23.6 Å². The number of rotatable bonds is 35. The van der Waals surface area contributed by atoms with Gasteiger partial charge in [-0.05, 0) is 169 Å². The Hall–Kier alpha value is -13.1. The maximum absolute atomic E-state index is 13.2. The first-order chi connectivity index (χ1) is 58.0. The summed E-state index contributed by atoms with van der Waals surface area (Å²) in [5, 5.41) is 37.7. The molecule has 0 saturated heterocycles. The second-order valence-electron chi connectivity index (χ2n) is 27.5. The Balaban J connectivity index is 0.000000518. The molecule has 8 rings (SSSR count). The predicted molar refractivity (Wildman–Crippen MR) is 462 cm³/mol. The van der Waals surface area contributed by atoms with E-state index in [1.165, 1.54) is 57.9 Å². The summed E-state index contributed by atoms with van der Waals surface area (Å²) in [5.41, 5.74) is 12.0. The molecule has 0 aliphatic carbocycles. The maximum Gasteiger partial charge on any atom is 0.408 e. The highest BCUT2D eigenvalue weighted by atomic mass is 16.7. The van der Waals surface area contributed by atoms with Crippen LogP contribution in [0.2, 0.25) is 0 Å². The minimum absolute atomic E-state index is 0.117. The molecule has 662 valence electrons. The fourth-order valence-corrected chi connectivity index (χ4v) is 9.85.